The zero-order valence-electron chi connectivity index (χ0n) is 22.9. The van der Waals surface area contributed by atoms with Gasteiger partial charge in [0.15, 0.2) is 8.32 Å². The second-order valence-electron chi connectivity index (χ2n) is 10.2. The SMILES string of the molecule is CCOC(=O)/C=C/c1ccc(OCCCCCCO[Si](C(C)C)(C(C)C)C(C)C)c2ccccc12. The summed E-state index contributed by atoms with van der Waals surface area (Å²) >= 11 is 0. The molecule has 0 unspecified atom stereocenters. The highest BCUT2D eigenvalue weighted by atomic mass is 28.4. The minimum atomic E-state index is -1.75. The molecule has 0 aliphatic carbocycles. The third-order valence-corrected chi connectivity index (χ3v) is 13.1. The molecule has 0 aromatic heterocycles. The van der Waals surface area contributed by atoms with E-state index in [9.17, 15) is 4.79 Å². The van der Waals surface area contributed by atoms with Crippen molar-refractivity contribution in [2.75, 3.05) is 19.8 Å². The summed E-state index contributed by atoms with van der Waals surface area (Å²) < 4.78 is 17.8. The highest BCUT2D eigenvalue weighted by molar-refractivity contribution is 6.77. The van der Waals surface area contributed by atoms with Gasteiger partial charge in [-0.3, -0.25) is 0 Å². The Morgan fingerprint density at radius 1 is 0.829 bits per heavy atom. The Balaban J connectivity index is 1.84. The molecule has 0 radical (unpaired) electrons. The molecule has 0 amide bonds. The van der Waals surface area contributed by atoms with Crippen LogP contribution in [0.5, 0.6) is 5.75 Å². The number of ether oxygens (including phenoxy) is 2. The maximum Gasteiger partial charge on any atom is 0.330 e. The third kappa shape index (κ3) is 7.94. The Morgan fingerprint density at radius 3 is 2.03 bits per heavy atom. The lowest BCUT2D eigenvalue weighted by Gasteiger charge is -2.42. The van der Waals surface area contributed by atoms with Gasteiger partial charge in [0.2, 0.25) is 0 Å². The van der Waals surface area contributed by atoms with Crippen LogP contribution in [0.4, 0.5) is 0 Å². The van der Waals surface area contributed by atoms with Crippen LogP contribution in [0.1, 0.15) is 79.7 Å². The summed E-state index contributed by atoms with van der Waals surface area (Å²) in [6.07, 6.45) is 7.74. The lowest BCUT2D eigenvalue weighted by Crippen LogP contribution is -2.47. The molecule has 0 aliphatic rings. The van der Waals surface area contributed by atoms with Gasteiger partial charge in [-0.2, -0.15) is 0 Å². The largest absolute Gasteiger partial charge is 0.493 e. The fraction of sp³-hybridized carbons (Fsp3) is 0.567. The standard InChI is InChI=1S/C30H46O4Si/c1-8-32-30(31)20-18-26-17-19-29(28-16-12-11-15-27(26)28)33-21-13-9-10-14-22-34-35(23(2)3,24(4)5)25(6)7/h11-12,15-20,23-25H,8-10,13-14,21-22H2,1-7H3/b20-18+. The molecule has 0 saturated carbocycles. The van der Waals surface area contributed by atoms with E-state index in [1.165, 1.54) is 12.5 Å². The normalized spacial score (nSPS) is 12.4. The number of benzene rings is 2. The highest BCUT2D eigenvalue weighted by Crippen LogP contribution is 2.42. The van der Waals surface area contributed by atoms with E-state index >= 15 is 0 Å². The first kappa shape index (κ1) is 29.1. The second kappa shape index (κ2) is 14.4. The van der Waals surface area contributed by atoms with Gasteiger partial charge in [0.25, 0.3) is 0 Å². The van der Waals surface area contributed by atoms with Gasteiger partial charge in [-0.15, -0.1) is 0 Å². The molecule has 194 valence electrons. The summed E-state index contributed by atoms with van der Waals surface area (Å²) in [5.41, 5.74) is 2.89. The van der Waals surface area contributed by atoms with Crippen LogP contribution < -0.4 is 4.74 Å². The molecule has 5 heteroatoms. The number of esters is 1. The zero-order valence-corrected chi connectivity index (χ0v) is 23.9. The van der Waals surface area contributed by atoms with E-state index in [0.29, 0.717) is 29.8 Å². The molecule has 0 atom stereocenters. The molecule has 2 aromatic carbocycles. The van der Waals surface area contributed by atoms with E-state index < -0.39 is 8.32 Å². The molecule has 2 rings (SSSR count). The molecule has 35 heavy (non-hydrogen) atoms. The number of rotatable bonds is 15. The average molecular weight is 499 g/mol. The topological polar surface area (TPSA) is 44.8 Å². The molecule has 0 bridgehead atoms. The lowest BCUT2D eigenvalue weighted by atomic mass is 10.0. The second-order valence-corrected chi connectivity index (χ2v) is 15.7. The average Bonchev–Trinajstić information content (AvgIpc) is 2.81. The predicted octanol–water partition coefficient (Wildman–Crippen LogP) is 8.55. The first-order valence-corrected chi connectivity index (χ1v) is 15.5. The summed E-state index contributed by atoms with van der Waals surface area (Å²) in [7, 11) is -1.75. The number of carbonyl (C=O) groups excluding carboxylic acids is 1. The Labute approximate surface area is 214 Å². The number of hydrogen-bond acceptors (Lipinski definition) is 4. The van der Waals surface area contributed by atoms with E-state index in [1.807, 2.05) is 30.3 Å². The molecule has 0 spiro atoms. The van der Waals surface area contributed by atoms with Crippen LogP contribution in [-0.4, -0.2) is 34.1 Å². The van der Waals surface area contributed by atoms with E-state index in [-0.39, 0.29) is 5.97 Å². The Bertz CT molecular complexity index is 927. The molecule has 4 nitrogen and oxygen atoms in total. The minimum absolute atomic E-state index is 0.326. The van der Waals surface area contributed by atoms with Crippen molar-refractivity contribution in [2.24, 2.45) is 0 Å². The Kier molecular flexibility index (Phi) is 12.0. The Morgan fingerprint density at radius 2 is 1.43 bits per heavy atom. The van der Waals surface area contributed by atoms with Crippen LogP contribution >= 0.6 is 0 Å². The van der Waals surface area contributed by atoms with Crippen molar-refractivity contribution in [3.63, 3.8) is 0 Å². The molecular formula is C30H46O4Si. The summed E-state index contributed by atoms with van der Waals surface area (Å²) in [6.45, 7) is 17.8. The molecule has 0 heterocycles. The van der Waals surface area contributed by atoms with Gasteiger partial charge in [0.1, 0.15) is 5.75 Å². The first-order valence-electron chi connectivity index (χ1n) is 13.4. The van der Waals surface area contributed by atoms with Crippen molar-refractivity contribution in [3.05, 3.63) is 48.0 Å². The van der Waals surface area contributed by atoms with E-state index in [0.717, 1.165) is 48.0 Å². The van der Waals surface area contributed by atoms with Gasteiger partial charge in [-0.05, 0) is 65.9 Å². The Hall–Kier alpha value is -2.11. The van der Waals surface area contributed by atoms with Crippen molar-refractivity contribution in [1.29, 1.82) is 0 Å². The van der Waals surface area contributed by atoms with Crippen molar-refractivity contribution in [1.82, 2.24) is 0 Å². The quantitative estimate of drug-likeness (QED) is 0.107. The van der Waals surface area contributed by atoms with Crippen molar-refractivity contribution >= 4 is 31.1 Å². The number of carbonyl (C=O) groups is 1. The maximum atomic E-state index is 11.7. The van der Waals surface area contributed by atoms with Crippen molar-refractivity contribution in [3.8, 4) is 5.75 Å². The fourth-order valence-electron chi connectivity index (χ4n) is 5.40. The van der Waals surface area contributed by atoms with E-state index in [4.69, 9.17) is 13.9 Å². The summed E-state index contributed by atoms with van der Waals surface area (Å²) in [5.74, 6) is 0.562. The van der Waals surface area contributed by atoms with Gasteiger partial charge in [0, 0.05) is 18.1 Å². The van der Waals surface area contributed by atoms with Gasteiger partial charge >= 0.3 is 5.97 Å². The van der Waals surface area contributed by atoms with E-state index in [1.54, 1.807) is 6.92 Å². The van der Waals surface area contributed by atoms with Gasteiger partial charge < -0.3 is 13.9 Å². The number of unbranched alkanes of at least 4 members (excludes halogenated alkanes) is 3. The summed E-state index contributed by atoms with van der Waals surface area (Å²) in [5, 5.41) is 2.13. The van der Waals surface area contributed by atoms with Crippen molar-refractivity contribution < 1.29 is 18.7 Å². The monoisotopic (exact) mass is 498 g/mol. The highest BCUT2D eigenvalue weighted by Gasteiger charge is 2.44. The van der Waals surface area contributed by atoms with Crippen LogP contribution in [0.15, 0.2) is 42.5 Å². The number of fused-ring (bicyclic) bond motifs is 1. The van der Waals surface area contributed by atoms with Crippen molar-refractivity contribution in [2.45, 2.75) is 90.8 Å². The van der Waals surface area contributed by atoms with Gasteiger partial charge in [-0.25, -0.2) is 4.79 Å². The maximum absolute atomic E-state index is 11.7. The molecular weight excluding hydrogens is 452 g/mol. The van der Waals surface area contributed by atoms with Gasteiger partial charge in [0.05, 0.1) is 13.2 Å². The van der Waals surface area contributed by atoms with Crippen LogP contribution in [0.25, 0.3) is 16.8 Å². The molecule has 0 saturated heterocycles. The van der Waals surface area contributed by atoms with Crippen LogP contribution in [0, 0.1) is 0 Å². The van der Waals surface area contributed by atoms with Crippen LogP contribution in [0.3, 0.4) is 0 Å². The third-order valence-electron chi connectivity index (χ3n) is 6.96. The molecule has 0 N–H and O–H groups in total. The number of hydrogen-bond donors (Lipinski definition) is 0. The first-order chi connectivity index (χ1) is 16.7. The minimum Gasteiger partial charge on any atom is -0.493 e. The molecule has 2 aromatic rings. The molecule has 0 fully saturated rings. The predicted molar refractivity (Wildman–Crippen MR) is 151 cm³/mol. The zero-order chi connectivity index (χ0) is 25.8. The van der Waals surface area contributed by atoms with Crippen LogP contribution in [0.2, 0.25) is 16.6 Å². The van der Waals surface area contributed by atoms with Crippen LogP contribution in [-0.2, 0) is 14.0 Å². The lowest BCUT2D eigenvalue weighted by molar-refractivity contribution is -0.137. The van der Waals surface area contributed by atoms with E-state index in [2.05, 4.69) is 53.7 Å². The van der Waals surface area contributed by atoms with Gasteiger partial charge in [-0.1, -0.05) is 78.3 Å². The fourth-order valence-corrected chi connectivity index (χ4v) is 10.9. The summed E-state index contributed by atoms with van der Waals surface area (Å²) in [4.78, 5) is 11.7. The smallest absolute Gasteiger partial charge is 0.330 e. The molecule has 0 aliphatic heterocycles. The summed E-state index contributed by atoms with van der Waals surface area (Å²) in [6, 6.07) is 12.1.